The number of rotatable bonds is 5. The molecule has 2 aliphatic rings. The standard InChI is InChI=1S/C20H24F2N4O/c1-13-8-16(14-3-6-26(7-4-14)17-11-27-12-17)10-19(24-13)25-18-9-15(20(21)22)2-5-23-18/h2,5,8-10,14,17,20H,3-4,6-7,11-12H2,1H3,(H,23,24,25). The predicted molar refractivity (Wildman–Crippen MR) is 99.6 cm³/mol. The Balaban J connectivity index is 1.46. The van der Waals surface area contributed by atoms with Gasteiger partial charge in [0.25, 0.3) is 6.43 Å². The molecule has 2 aliphatic heterocycles. The van der Waals surface area contributed by atoms with Crippen LogP contribution in [0.25, 0.3) is 0 Å². The monoisotopic (exact) mass is 374 g/mol. The van der Waals surface area contributed by atoms with Crippen LogP contribution in [0.4, 0.5) is 20.4 Å². The maximum absolute atomic E-state index is 12.9. The Morgan fingerprint density at radius 1 is 1.15 bits per heavy atom. The van der Waals surface area contributed by atoms with E-state index >= 15 is 0 Å². The second-order valence-electron chi connectivity index (χ2n) is 7.33. The van der Waals surface area contributed by atoms with Crippen molar-refractivity contribution in [2.75, 3.05) is 31.6 Å². The average molecular weight is 374 g/mol. The minimum absolute atomic E-state index is 0.0484. The van der Waals surface area contributed by atoms with Gasteiger partial charge < -0.3 is 10.1 Å². The van der Waals surface area contributed by atoms with E-state index in [-0.39, 0.29) is 5.56 Å². The zero-order chi connectivity index (χ0) is 18.8. The highest BCUT2D eigenvalue weighted by Gasteiger charge is 2.30. The van der Waals surface area contributed by atoms with Gasteiger partial charge in [-0.3, -0.25) is 4.90 Å². The lowest BCUT2D eigenvalue weighted by Gasteiger charge is -2.41. The van der Waals surface area contributed by atoms with Crippen molar-refractivity contribution in [2.45, 2.75) is 38.2 Å². The van der Waals surface area contributed by atoms with E-state index in [9.17, 15) is 8.78 Å². The lowest BCUT2D eigenvalue weighted by Crippen LogP contribution is -2.51. The summed E-state index contributed by atoms with van der Waals surface area (Å²) in [7, 11) is 0. The summed E-state index contributed by atoms with van der Waals surface area (Å²) in [6.45, 7) is 5.84. The highest BCUT2D eigenvalue weighted by molar-refractivity contribution is 5.54. The number of ether oxygens (including phenoxy) is 1. The van der Waals surface area contributed by atoms with Gasteiger partial charge in [0.2, 0.25) is 0 Å². The van der Waals surface area contributed by atoms with Gasteiger partial charge >= 0.3 is 0 Å². The summed E-state index contributed by atoms with van der Waals surface area (Å²) in [5.41, 5.74) is 2.11. The Kier molecular flexibility index (Phi) is 5.31. The molecule has 4 rings (SSSR count). The lowest BCUT2D eigenvalue weighted by atomic mass is 9.88. The van der Waals surface area contributed by atoms with E-state index < -0.39 is 6.43 Å². The van der Waals surface area contributed by atoms with Crippen LogP contribution in [0.5, 0.6) is 0 Å². The molecule has 0 bridgehead atoms. The van der Waals surface area contributed by atoms with Crippen LogP contribution in [0.15, 0.2) is 30.5 Å². The first-order valence-corrected chi connectivity index (χ1v) is 9.40. The second kappa shape index (κ2) is 7.86. The summed E-state index contributed by atoms with van der Waals surface area (Å²) in [6, 6.07) is 7.44. The Labute approximate surface area is 157 Å². The van der Waals surface area contributed by atoms with Crippen LogP contribution < -0.4 is 5.32 Å². The smallest absolute Gasteiger partial charge is 0.264 e. The van der Waals surface area contributed by atoms with Gasteiger partial charge in [-0.25, -0.2) is 18.7 Å². The molecule has 5 nitrogen and oxygen atoms in total. The van der Waals surface area contributed by atoms with Gasteiger partial charge in [0.1, 0.15) is 11.6 Å². The molecule has 1 N–H and O–H groups in total. The molecule has 0 aromatic carbocycles. The Hall–Kier alpha value is -2.12. The van der Waals surface area contributed by atoms with Gasteiger partial charge in [-0.1, -0.05) is 0 Å². The van der Waals surface area contributed by atoms with Gasteiger partial charge in [-0.15, -0.1) is 0 Å². The molecule has 0 unspecified atom stereocenters. The number of nitrogens with zero attached hydrogens (tertiary/aromatic N) is 3. The van der Waals surface area contributed by atoms with Crippen molar-refractivity contribution in [3.05, 3.63) is 47.3 Å². The van der Waals surface area contributed by atoms with Crippen LogP contribution in [-0.4, -0.2) is 47.2 Å². The van der Waals surface area contributed by atoms with Crippen molar-refractivity contribution in [3.8, 4) is 0 Å². The average Bonchev–Trinajstić information content (AvgIpc) is 2.60. The second-order valence-corrected chi connectivity index (χ2v) is 7.33. The van der Waals surface area contributed by atoms with Crippen LogP contribution in [0, 0.1) is 6.92 Å². The van der Waals surface area contributed by atoms with Gasteiger partial charge in [-0.2, -0.15) is 0 Å². The molecule has 0 spiro atoms. The van der Waals surface area contributed by atoms with Crippen molar-refractivity contribution in [1.82, 2.24) is 14.9 Å². The zero-order valence-corrected chi connectivity index (χ0v) is 15.4. The third-order valence-electron chi connectivity index (χ3n) is 5.41. The van der Waals surface area contributed by atoms with Crippen molar-refractivity contribution >= 4 is 11.6 Å². The van der Waals surface area contributed by atoms with E-state index in [4.69, 9.17) is 4.74 Å². The summed E-state index contributed by atoms with van der Waals surface area (Å²) in [6.07, 6.45) is 1.10. The van der Waals surface area contributed by atoms with Gasteiger partial charge in [0, 0.05) is 17.5 Å². The normalized spacial score (nSPS) is 19.3. The number of nitrogens with one attached hydrogen (secondary N) is 1. The molecule has 0 saturated carbocycles. The molecule has 4 heterocycles. The highest BCUT2D eigenvalue weighted by Crippen LogP contribution is 2.32. The topological polar surface area (TPSA) is 50.3 Å². The summed E-state index contributed by atoms with van der Waals surface area (Å²) in [5, 5.41) is 3.08. The van der Waals surface area contributed by atoms with E-state index in [1.807, 2.05) is 13.0 Å². The van der Waals surface area contributed by atoms with E-state index in [0.29, 0.717) is 23.6 Å². The molecule has 7 heteroatoms. The number of halogens is 2. The van der Waals surface area contributed by atoms with Gasteiger partial charge in [0.15, 0.2) is 0 Å². The quantitative estimate of drug-likeness (QED) is 0.856. The summed E-state index contributed by atoms with van der Waals surface area (Å²) < 4.78 is 31.1. The minimum atomic E-state index is -2.51. The largest absolute Gasteiger partial charge is 0.378 e. The molecule has 2 aromatic rings. The highest BCUT2D eigenvalue weighted by atomic mass is 19.3. The molecular formula is C20H24F2N4O. The van der Waals surface area contributed by atoms with Crippen molar-refractivity contribution < 1.29 is 13.5 Å². The number of hydrogen-bond acceptors (Lipinski definition) is 5. The fraction of sp³-hybridized carbons (Fsp3) is 0.500. The number of likely N-dealkylation sites (tertiary alicyclic amines) is 1. The minimum Gasteiger partial charge on any atom is -0.378 e. The summed E-state index contributed by atoms with van der Waals surface area (Å²) in [4.78, 5) is 11.2. The first kappa shape index (κ1) is 18.3. The third-order valence-corrected chi connectivity index (χ3v) is 5.41. The molecule has 2 aromatic heterocycles. The number of aromatic nitrogens is 2. The molecule has 0 radical (unpaired) electrons. The van der Waals surface area contributed by atoms with E-state index in [1.165, 1.54) is 23.9 Å². The Bertz CT molecular complexity index is 789. The first-order chi connectivity index (χ1) is 13.1. The van der Waals surface area contributed by atoms with E-state index in [1.54, 1.807) is 0 Å². The Morgan fingerprint density at radius 3 is 2.59 bits per heavy atom. The zero-order valence-electron chi connectivity index (χ0n) is 15.4. The van der Waals surface area contributed by atoms with Crippen LogP contribution in [0.1, 0.15) is 42.0 Å². The third kappa shape index (κ3) is 4.25. The fourth-order valence-electron chi connectivity index (χ4n) is 3.81. The molecule has 2 fully saturated rings. The first-order valence-electron chi connectivity index (χ1n) is 9.40. The van der Waals surface area contributed by atoms with E-state index in [0.717, 1.165) is 44.8 Å². The molecule has 0 atom stereocenters. The van der Waals surface area contributed by atoms with Crippen LogP contribution in [0.3, 0.4) is 0 Å². The van der Waals surface area contributed by atoms with Crippen molar-refractivity contribution in [2.24, 2.45) is 0 Å². The Morgan fingerprint density at radius 2 is 1.93 bits per heavy atom. The van der Waals surface area contributed by atoms with E-state index in [2.05, 4.69) is 26.3 Å². The molecule has 144 valence electrons. The van der Waals surface area contributed by atoms with Gasteiger partial charge in [0.05, 0.1) is 19.3 Å². The predicted octanol–water partition coefficient (Wildman–Crippen LogP) is 4.04. The van der Waals surface area contributed by atoms with Crippen molar-refractivity contribution in [3.63, 3.8) is 0 Å². The number of alkyl halides is 2. The SMILES string of the molecule is Cc1cc(C2CCN(C3COC3)CC2)cc(Nc2cc(C(F)F)ccn2)n1. The van der Waals surface area contributed by atoms with Crippen LogP contribution in [0.2, 0.25) is 0 Å². The molecule has 0 aliphatic carbocycles. The maximum Gasteiger partial charge on any atom is 0.264 e. The number of piperidine rings is 1. The molecular weight excluding hydrogens is 350 g/mol. The van der Waals surface area contributed by atoms with Crippen molar-refractivity contribution in [1.29, 1.82) is 0 Å². The number of anilines is 2. The van der Waals surface area contributed by atoms with Crippen LogP contribution in [-0.2, 0) is 4.74 Å². The number of aryl methyl sites for hydroxylation is 1. The molecule has 0 amide bonds. The molecule has 2 saturated heterocycles. The van der Waals surface area contributed by atoms with Crippen LogP contribution >= 0.6 is 0 Å². The maximum atomic E-state index is 12.9. The summed E-state index contributed by atoms with van der Waals surface area (Å²) in [5.74, 6) is 1.53. The molecule has 27 heavy (non-hydrogen) atoms. The number of pyridine rings is 2. The fourth-order valence-corrected chi connectivity index (χ4v) is 3.81. The van der Waals surface area contributed by atoms with Gasteiger partial charge in [-0.05, 0) is 68.6 Å². The lowest BCUT2D eigenvalue weighted by molar-refractivity contribution is -0.0712. The number of hydrogen-bond donors (Lipinski definition) is 1. The summed E-state index contributed by atoms with van der Waals surface area (Å²) >= 11 is 0.